The molecule has 5 heteroatoms. The Morgan fingerprint density at radius 2 is 2.25 bits per heavy atom. The minimum atomic E-state index is -0.641. The standard InChI is InChI=1S/C15H18N2O2S/c16-13-3-1-2-11(8-13)4-5-15(19)17-9-14(18)12-6-7-20-10-12/h1-3,6-8,10,14,18H,4-5,9,16H2,(H,17,19). The summed E-state index contributed by atoms with van der Waals surface area (Å²) in [4.78, 5) is 11.7. The smallest absolute Gasteiger partial charge is 0.220 e. The Labute approximate surface area is 122 Å². The van der Waals surface area contributed by atoms with E-state index < -0.39 is 6.10 Å². The predicted molar refractivity (Wildman–Crippen MR) is 81.5 cm³/mol. The first-order valence-electron chi connectivity index (χ1n) is 6.46. The van der Waals surface area contributed by atoms with Crippen LogP contribution in [0, 0.1) is 0 Å². The molecule has 0 radical (unpaired) electrons. The number of nitrogens with two attached hydrogens (primary N) is 1. The highest BCUT2D eigenvalue weighted by atomic mass is 32.1. The Hall–Kier alpha value is -1.85. The van der Waals surface area contributed by atoms with Gasteiger partial charge >= 0.3 is 0 Å². The van der Waals surface area contributed by atoms with Gasteiger partial charge in [0.25, 0.3) is 0 Å². The van der Waals surface area contributed by atoms with Crippen molar-refractivity contribution < 1.29 is 9.90 Å². The van der Waals surface area contributed by atoms with Crippen LogP contribution in [0.15, 0.2) is 41.1 Å². The maximum absolute atomic E-state index is 11.7. The molecule has 0 spiro atoms. The third kappa shape index (κ3) is 4.36. The molecule has 1 aromatic heterocycles. The number of rotatable bonds is 6. The van der Waals surface area contributed by atoms with Crippen molar-refractivity contribution >= 4 is 22.9 Å². The average molecular weight is 290 g/mol. The fraction of sp³-hybridized carbons (Fsp3) is 0.267. The van der Waals surface area contributed by atoms with Crippen molar-refractivity contribution in [2.45, 2.75) is 18.9 Å². The van der Waals surface area contributed by atoms with E-state index in [2.05, 4.69) is 5.32 Å². The summed E-state index contributed by atoms with van der Waals surface area (Å²) in [6.45, 7) is 0.243. The number of thiophene rings is 1. The van der Waals surface area contributed by atoms with E-state index in [1.807, 2.05) is 41.1 Å². The van der Waals surface area contributed by atoms with Gasteiger partial charge in [-0.15, -0.1) is 0 Å². The van der Waals surface area contributed by atoms with Gasteiger partial charge in [0.1, 0.15) is 0 Å². The number of amides is 1. The number of hydrogen-bond donors (Lipinski definition) is 3. The van der Waals surface area contributed by atoms with E-state index in [0.29, 0.717) is 18.5 Å². The van der Waals surface area contributed by atoms with E-state index in [4.69, 9.17) is 5.73 Å². The average Bonchev–Trinajstić information content (AvgIpc) is 2.97. The van der Waals surface area contributed by atoms with Crippen LogP contribution >= 0.6 is 11.3 Å². The van der Waals surface area contributed by atoms with Crippen LogP contribution in [0.25, 0.3) is 0 Å². The van der Waals surface area contributed by atoms with Crippen molar-refractivity contribution in [3.8, 4) is 0 Å². The Morgan fingerprint density at radius 1 is 1.40 bits per heavy atom. The molecule has 0 aliphatic heterocycles. The van der Waals surface area contributed by atoms with Gasteiger partial charge in [-0.2, -0.15) is 11.3 Å². The first-order valence-corrected chi connectivity index (χ1v) is 7.40. The van der Waals surface area contributed by atoms with E-state index in [1.165, 1.54) is 11.3 Å². The number of anilines is 1. The SMILES string of the molecule is Nc1cccc(CCC(=O)NCC(O)c2ccsc2)c1. The lowest BCUT2D eigenvalue weighted by atomic mass is 10.1. The Kier molecular flexibility index (Phi) is 5.15. The minimum absolute atomic E-state index is 0.0679. The normalized spacial score (nSPS) is 12.1. The monoisotopic (exact) mass is 290 g/mol. The molecule has 1 atom stereocenters. The number of nitrogens with one attached hydrogen (secondary N) is 1. The van der Waals surface area contributed by atoms with Gasteiger partial charge < -0.3 is 16.2 Å². The van der Waals surface area contributed by atoms with Crippen molar-refractivity contribution in [1.29, 1.82) is 0 Å². The lowest BCUT2D eigenvalue weighted by Gasteiger charge is -2.10. The fourth-order valence-electron chi connectivity index (χ4n) is 1.89. The molecule has 2 aromatic rings. The largest absolute Gasteiger partial charge is 0.399 e. The zero-order valence-corrected chi connectivity index (χ0v) is 11.9. The molecule has 4 nitrogen and oxygen atoms in total. The predicted octanol–water partition coefficient (Wildman–Crippen LogP) is 2.11. The fourth-order valence-corrected chi connectivity index (χ4v) is 2.59. The van der Waals surface area contributed by atoms with Crippen LogP contribution in [-0.4, -0.2) is 17.6 Å². The molecule has 0 saturated carbocycles. The van der Waals surface area contributed by atoms with E-state index in [9.17, 15) is 9.90 Å². The number of aliphatic hydroxyl groups excluding tert-OH is 1. The Bertz CT molecular complexity index is 555. The van der Waals surface area contributed by atoms with Crippen LogP contribution in [0.1, 0.15) is 23.7 Å². The van der Waals surface area contributed by atoms with Crippen molar-refractivity contribution in [2.24, 2.45) is 0 Å². The van der Waals surface area contributed by atoms with Crippen LogP contribution in [0.5, 0.6) is 0 Å². The zero-order valence-electron chi connectivity index (χ0n) is 11.1. The lowest BCUT2D eigenvalue weighted by molar-refractivity contribution is -0.121. The summed E-state index contributed by atoms with van der Waals surface area (Å²) in [5.41, 5.74) is 8.27. The molecule has 4 N–H and O–H groups in total. The van der Waals surface area contributed by atoms with Gasteiger partial charge in [-0.05, 0) is 46.5 Å². The molecular weight excluding hydrogens is 272 g/mol. The third-order valence-electron chi connectivity index (χ3n) is 3.01. The Balaban J connectivity index is 1.73. The van der Waals surface area contributed by atoms with E-state index >= 15 is 0 Å². The van der Waals surface area contributed by atoms with Gasteiger partial charge in [-0.1, -0.05) is 12.1 Å². The minimum Gasteiger partial charge on any atom is -0.399 e. The van der Waals surface area contributed by atoms with Crippen molar-refractivity contribution in [3.63, 3.8) is 0 Å². The number of hydrogen-bond acceptors (Lipinski definition) is 4. The van der Waals surface area contributed by atoms with Crippen molar-refractivity contribution in [2.75, 3.05) is 12.3 Å². The molecule has 1 heterocycles. The molecular formula is C15H18N2O2S. The van der Waals surface area contributed by atoms with E-state index in [0.717, 1.165) is 11.1 Å². The molecule has 0 bridgehead atoms. The van der Waals surface area contributed by atoms with E-state index in [1.54, 1.807) is 0 Å². The number of nitrogen functional groups attached to an aromatic ring is 1. The highest BCUT2D eigenvalue weighted by Gasteiger charge is 2.09. The topological polar surface area (TPSA) is 75.4 Å². The second-order valence-electron chi connectivity index (χ2n) is 4.62. The van der Waals surface area contributed by atoms with Crippen molar-refractivity contribution in [3.05, 3.63) is 52.2 Å². The van der Waals surface area contributed by atoms with Gasteiger partial charge in [0.2, 0.25) is 5.91 Å². The first-order chi connectivity index (χ1) is 9.65. The summed E-state index contributed by atoms with van der Waals surface area (Å²) < 4.78 is 0. The molecule has 1 aromatic carbocycles. The van der Waals surface area contributed by atoms with Gasteiger partial charge in [0.05, 0.1) is 6.10 Å². The maximum Gasteiger partial charge on any atom is 0.220 e. The zero-order chi connectivity index (χ0) is 14.4. The number of carbonyl (C=O) groups is 1. The van der Waals surface area contributed by atoms with Crippen LogP contribution in [0.3, 0.4) is 0 Å². The molecule has 2 rings (SSSR count). The summed E-state index contributed by atoms with van der Waals surface area (Å²) in [5, 5.41) is 16.4. The van der Waals surface area contributed by atoms with Crippen molar-refractivity contribution in [1.82, 2.24) is 5.32 Å². The number of benzene rings is 1. The second-order valence-corrected chi connectivity index (χ2v) is 5.40. The molecule has 1 amide bonds. The highest BCUT2D eigenvalue weighted by molar-refractivity contribution is 7.07. The van der Waals surface area contributed by atoms with Crippen LogP contribution in [-0.2, 0) is 11.2 Å². The molecule has 0 aliphatic carbocycles. The summed E-state index contributed by atoms with van der Waals surface area (Å²) in [5.74, 6) is -0.0679. The van der Waals surface area contributed by atoms with Crippen LogP contribution in [0.2, 0.25) is 0 Å². The molecule has 0 fully saturated rings. The van der Waals surface area contributed by atoms with E-state index in [-0.39, 0.29) is 12.5 Å². The first kappa shape index (κ1) is 14.6. The van der Waals surface area contributed by atoms with Gasteiger partial charge in [-0.3, -0.25) is 4.79 Å². The van der Waals surface area contributed by atoms with Crippen LogP contribution < -0.4 is 11.1 Å². The molecule has 1 unspecified atom stereocenters. The maximum atomic E-state index is 11.7. The van der Waals surface area contributed by atoms with Gasteiger partial charge in [-0.25, -0.2) is 0 Å². The molecule has 20 heavy (non-hydrogen) atoms. The third-order valence-corrected chi connectivity index (χ3v) is 3.71. The molecule has 0 aliphatic rings. The summed E-state index contributed by atoms with van der Waals surface area (Å²) in [7, 11) is 0. The molecule has 0 saturated heterocycles. The molecule has 106 valence electrons. The summed E-state index contributed by atoms with van der Waals surface area (Å²) in [6, 6.07) is 9.37. The number of carbonyl (C=O) groups excluding carboxylic acids is 1. The Morgan fingerprint density at radius 3 is 2.95 bits per heavy atom. The quantitative estimate of drug-likeness (QED) is 0.713. The summed E-state index contributed by atoms with van der Waals surface area (Å²) in [6.07, 6.45) is 0.392. The highest BCUT2D eigenvalue weighted by Crippen LogP contribution is 2.15. The van der Waals surface area contributed by atoms with Crippen LogP contribution in [0.4, 0.5) is 5.69 Å². The lowest BCUT2D eigenvalue weighted by Crippen LogP contribution is -2.28. The van der Waals surface area contributed by atoms with Gasteiger partial charge in [0.15, 0.2) is 0 Å². The second kappa shape index (κ2) is 7.07. The number of aliphatic hydroxyl groups is 1. The number of aryl methyl sites for hydroxylation is 1. The summed E-state index contributed by atoms with van der Waals surface area (Å²) >= 11 is 1.53. The van der Waals surface area contributed by atoms with Gasteiger partial charge in [0, 0.05) is 18.7 Å².